The number of hydrogen-bond donors (Lipinski definition) is 3. The van der Waals surface area contributed by atoms with Crippen molar-refractivity contribution in [1.29, 1.82) is 0 Å². The normalized spacial score (nSPS) is 14.8. The summed E-state index contributed by atoms with van der Waals surface area (Å²) in [6.07, 6.45) is 4.46. The van der Waals surface area contributed by atoms with Crippen molar-refractivity contribution in [2.45, 2.75) is 25.9 Å². The van der Waals surface area contributed by atoms with Crippen LogP contribution in [0.2, 0.25) is 0 Å². The number of aromatic amines is 1. The fourth-order valence-electron chi connectivity index (χ4n) is 3.82. The number of H-pyrrole nitrogens is 1. The summed E-state index contributed by atoms with van der Waals surface area (Å²) in [6.45, 7) is 3.07. The number of nitrogens with zero attached hydrogens (tertiary/aromatic N) is 5. The molecule has 1 aromatic carbocycles. The zero-order valence-electron chi connectivity index (χ0n) is 17.1. The lowest BCUT2D eigenvalue weighted by Gasteiger charge is -2.29. The molecule has 3 N–H and O–H groups in total. The number of piperidine rings is 1. The molecule has 0 saturated carbocycles. The Bertz CT molecular complexity index is 1240. The van der Waals surface area contributed by atoms with Gasteiger partial charge in [-0.3, -0.25) is 14.3 Å². The number of aliphatic hydroxyl groups is 1. The van der Waals surface area contributed by atoms with Crippen LogP contribution < -0.4 is 5.32 Å². The molecule has 0 radical (unpaired) electrons. The van der Waals surface area contributed by atoms with E-state index in [0.717, 1.165) is 16.9 Å². The smallest absolute Gasteiger partial charge is 0.253 e. The van der Waals surface area contributed by atoms with Crippen molar-refractivity contribution in [1.82, 2.24) is 29.5 Å². The molecular weight excluding hydrogens is 394 g/mol. The highest BCUT2D eigenvalue weighted by molar-refractivity contribution is 5.95. The number of aromatic nitrogens is 5. The predicted octanol–water partition coefficient (Wildman–Crippen LogP) is 2.77. The Kier molecular flexibility index (Phi) is 4.87. The summed E-state index contributed by atoms with van der Waals surface area (Å²) in [5.41, 5.74) is 3.82. The molecule has 158 valence electrons. The molecule has 4 aromatic rings. The third-order valence-electron chi connectivity index (χ3n) is 5.49. The molecule has 0 aliphatic carbocycles. The Balaban J connectivity index is 1.48. The molecule has 1 saturated heterocycles. The topological polar surface area (TPSA) is 111 Å². The quantitative estimate of drug-likeness (QED) is 0.471. The number of hydrogen-bond acceptors (Lipinski definition) is 6. The average Bonchev–Trinajstić information content (AvgIpc) is 3.42. The second kappa shape index (κ2) is 7.84. The Hall–Kier alpha value is -3.72. The first-order valence-corrected chi connectivity index (χ1v) is 10.3. The molecule has 0 bridgehead atoms. The van der Waals surface area contributed by atoms with Crippen LogP contribution in [0.4, 0.5) is 11.8 Å². The molecular formula is C22H23N7O2. The fourth-order valence-corrected chi connectivity index (χ4v) is 3.82. The Labute approximate surface area is 178 Å². The molecule has 1 fully saturated rings. The number of likely N-dealkylation sites (tertiary alicyclic amines) is 1. The van der Waals surface area contributed by atoms with E-state index in [4.69, 9.17) is 4.98 Å². The number of aliphatic hydroxyl groups excluding tert-OH is 1. The number of imidazole rings is 1. The molecule has 31 heavy (non-hydrogen) atoms. The van der Waals surface area contributed by atoms with Gasteiger partial charge in [-0.25, -0.2) is 9.97 Å². The van der Waals surface area contributed by atoms with Gasteiger partial charge in [0.1, 0.15) is 5.65 Å². The first kappa shape index (κ1) is 19.3. The van der Waals surface area contributed by atoms with Crippen molar-refractivity contribution < 1.29 is 9.90 Å². The minimum Gasteiger partial charge on any atom is -0.393 e. The van der Waals surface area contributed by atoms with Crippen LogP contribution in [0, 0.1) is 6.92 Å². The van der Waals surface area contributed by atoms with Crippen molar-refractivity contribution in [3.05, 3.63) is 60.0 Å². The minimum absolute atomic E-state index is 0.0269. The van der Waals surface area contributed by atoms with Gasteiger partial charge in [-0.1, -0.05) is 12.1 Å². The lowest BCUT2D eigenvalue weighted by molar-refractivity contribution is 0.0546. The number of nitrogens with one attached hydrogen (secondary N) is 2. The maximum atomic E-state index is 13.0. The van der Waals surface area contributed by atoms with Crippen LogP contribution in [0.5, 0.6) is 0 Å². The number of carbonyl (C=O) groups is 1. The van der Waals surface area contributed by atoms with Gasteiger partial charge >= 0.3 is 0 Å². The van der Waals surface area contributed by atoms with Crippen molar-refractivity contribution in [2.24, 2.45) is 0 Å². The molecule has 0 atom stereocenters. The van der Waals surface area contributed by atoms with E-state index >= 15 is 0 Å². The standard InChI is InChI=1S/C22H23N7O2/c1-14-11-19(27-26-14)25-22-24-18(13-20-23-7-10-29(20)22)15-3-2-4-16(12-15)21(31)28-8-5-17(30)6-9-28/h2-4,7,10-13,17,30H,5-6,8-9H2,1H3,(H2,24,25,26,27). The molecule has 9 nitrogen and oxygen atoms in total. The third-order valence-corrected chi connectivity index (χ3v) is 5.49. The van der Waals surface area contributed by atoms with Gasteiger partial charge in [0.25, 0.3) is 5.91 Å². The largest absolute Gasteiger partial charge is 0.393 e. The summed E-state index contributed by atoms with van der Waals surface area (Å²) >= 11 is 0. The molecule has 1 aliphatic rings. The van der Waals surface area contributed by atoms with Crippen LogP contribution in [-0.4, -0.2) is 59.7 Å². The number of amides is 1. The highest BCUT2D eigenvalue weighted by Crippen LogP contribution is 2.25. The van der Waals surface area contributed by atoms with Crippen LogP contribution in [0.15, 0.2) is 48.8 Å². The van der Waals surface area contributed by atoms with Gasteiger partial charge in [0.2, 0.25) is 5.95 Å². The van der Waals surface area contributed by atoms with E-state index in [9.17, 15) is 9.90 Å². The molecule has 0 unspecified atom stereocenters. The lowest BCUT2D eigenvalue weighted by Crippen LogP contribution is -2.40. The molecule has 5 rings (SSSR count). The maximum absolute atomic E-state index is 13.0. The van der Waals surface area contributed by atoms with Crippen LogP contribution >= 0.6 is 0 Å². The van der Waals surface area contributed by atoms with Crippen LogP contribution in [0.1, 0.15) is 28.9 Å². The van der Waals surface area contributed by atoms with E-state index in [1.807, 2.05) is 53.9 Å². The summed E-state index contributed by atoms with van der Waals surface area (Å²) in [5.74, 6) is 1.22. The van der Waals surface area contributed by atoms with E-state index in [1.54, 1.807) is 11.1 Å². The second-order valence-corrected chi connectivity index (χ2v) is 7.79. The van der Waals surface area contributed by atoms with E-state index in [2.05, 4.69) is 20.5 Å². The lowest BCUT2D eigenvalue weighted by atomic mass is 10.0. The van der Waals surface area contributed by atoms with Gasteiger partial charge in [-0.15, -0.1) is 0 Å². The average molecular weight is 417 g/mol. The molecule has 9 heteroatoms. The first-order valence-electron chi connectivity index (χ1n) is 10.3. The van der Waals surface area contributed by atoms with Gasteiger partial charge in [-0.05, 0) is 31.9 Å². The number of rotatable bonds is 4. The second-order valence-electron chi connectivity index (χ2n) is 7.79. The van der Waals surface area contributed by atoms with E-state index < -0.39 is 0 Å². The number of fused-ring (bicyclic) bond motifs is 1. The summed E-state index contributed by atoms with van der Waals surface area (Å²) in [5, 5.41) is 20.1. The minimum atomic E-state index is -0.315. The Morgan fingerprint density at radius 2 is 2.06 bits per heavy atom. The maximum Gasteiger partial charge on any atom is 0.253 e. The molecule has 1 aliphatic heterocycles. The third kappa shape index (κ3) is 3.87. The van der Waals surface area contributed by atoms with Gasteiger partial charge in [0.15, 0.2) is 5.82 Å². The SMILES string of the molecule is Cc1cc(Nc2nc(-c3cccc(C(=O)N4CCC(O)CC4)c3)cc3nccn23)n[nH]1. The van der Waals surface area contributed by atoms with Crippen molar-refractivity contribution in [3.8, 4) is 11.3 Å². The summed E-state index contributed by atoms with van der Waals surface area (Å²) in [6, 6.07) is 11.3. The number of benzene rings is 1. The van der Waals surface area contributed by atoms with Crippen LogP contribution in [-0.2, 0) is 0 Å². The summed E-state index contributed by atoms with van der Waals surface area (Å²) in [4.78, 5) is 23.9. The molecule has 0 spiro atoms. The van der Waals surface area contributed by atoms with Gasteiger partial charge in [-0.2, -0.15) is 5.10 Å². The fraction of sp³-hybridized carbons (Fsp3) is 0.273. The van der Waals surface area contributed by atoms with Gasteiger partial charge < -0.3 is 15.3 Å². The highest BCUT2D eigenvalue weighted by atomic mass is 16.3. The van der Waals surface area contributed by atoms with Crippen molar-refractivity contribution in [3.63, 3.8) is 0 Å². The summed E-state index contributed by atoms with van der Waals surface area (Å²) < 4.78 is 1.85. The Morgan fingerprint density at radius 1 is 1.23 bits per heavy atom. The van der Waals surface area contributed by atoms with Crippen molar-refractivity contribution >= 4 is 23.3 Å². The van der Waals surface area contributed by atoms with E-state index in [0.29, 0.717) is 49.0 Å². The molecule has 3 aromatic heterocycles. The monoisotopic (exact) mass is 417 g/mol. The highest BCUT2D eigenvalue weighted by Gasteiger charge is 2.22. The number of aryl methyl sites for hydroxylation is 1. The van der Waals surface area contributed by atoms with Gasteiger partial charge in [0, 0.05) is 54.4 Å². The van der Waals surface area contributed by atoms with Gasteiger partial charge in [0.05, 0.1) is 11.8 Å². The van der Waals surface area contributed by atoms with Crippen LogP contribution in [0.25, 0.3) is 16.9 Å². The summed E-state index contributed by atoms with van der Waals surface area (Å²) in [7, 11) is 0. The predicted molar refractivity (Wildman–Crippen MR) is 116 cm³/mol. The Morgan fingerprint density at radius 3 is 2.84 bits per heavy atom. The zero-order valence-corrected chi connectivity index (χ0v) is 17.1. The number of anilines is 2. The molecule has 4 heterocycles. The van der Waals surface area contributed by atoms with E-state index in [-0.39, 0.29) is 12.0 Å². The zero-order chi connectivity index (χ0) is 21.4. The van der Waals surface area contributed by atoms with Crippen LogP contribution in [0.3, 0.4) is 0 Å². The number of carbonyl (C=O) groups excluding carboxylic acids is 1. The van der Waals surface area contributed by atoms with Crippen molar-refractivity contribution in [2.75, 3.05) is 18.4 Å². The van der Waals surface area contributed by atoms with E-state index in [1.165, 1.54) is 0 Å². The first-order chi connectivity index (χ1) is 15.1. The molecule has 1 amide bonds.